The second-order valence-electron chi connectivity index (χ2n) is 6.67. The molecule has 0 atom stereocenters. The molecule has 0 amide bonds. The normalized spacial score (nSPS) is 13.5. The summed E-state index contributed by atoms with van der Waals surface area (Å²) < 4.78 is 5.79. The molecule has 2 N–H and O–H groups in total. The van der Waals surface area contributed by atoms with Crippen LogP contribution in [-0.4, -0.2) is 40.6 Å². The third-order valence-corrected chi connectivity index (χ3v) is 4.97. The molecule has 1 aromatic carbocycles. The van der Waals surface area contributed by atoms with Gasteiger partial charge in [0.1, 0.15) is 17.4 Å². The number of nitrogen functional groups attached to an aromatic ring is 1. The number of nitro groups is 2. The summed E-state index contributed by atoms with van der Waals surface area (Å²) in [6.07, 6.45) is 3.81. The van der Waals surface area contributed by atoms with Gasteiger partial charge in [0, 0.05) is 19.3 Å². The first kappa shape index (κ1) is 20.6. The molecule has 1 fully saturated rings. The molecule has 12 heteroatoms. The zero-order valence-electron chi connectivity index (χ0n) is 16.0. The number of hydrogen-bond donors (Lipinski definition) is 1. The van der Waals surface area contributed by atoms with Gasteiger partial charge in [-0.1, -0.05) is 0 Å². The predicted molar refractivity (Wildman–Crippen MR) is 106 cm³/mol. The maximum Gasteiger partial charge on any atom is 0.357 e. The molecule has 0 saturated carbocycles. The van der Waals surface area contributed by atoms with Gasteiger partial charge in [-0.15, -0.1) is 0 Å². The molecule has 0 unspecified atom stereocenters. The molecule has 1 aromatic heterocycles. The van der Waals surface area contributed by atoms with Crippen LogP contribution >= 0.6 is 0 Å². The first-order valence-corrected chi connectivity index (χ1v) is 9.01. The van der Waals surface area contributed by atoms with Crippen LogP contribution in [0.4, 0.5) is 22.7 Å². The molecule has 12 nitrogen and oxygen atoms in total. The van der Waals surface area contributed by atoms with E-state index in [-0.39, 0.29) is 28.3 Å². The molecule has 0 bridgehead atoms. The smallest absolute Gasteiger partial charge is 0.357 e. The second kappa shape index (κ2) is 8.08. The lowest BCUT2D eigenvalue weighted by molar-refractivity contribution is -0.393. The standard InChI is InChI=1S/C18H18N6O6/c1-30-18(25)17-16(20)11(9-19)10-22(17)13-7-12(21-5-3-2-4-6-21)14(23(26)27)8-15(13)24(28)29/h7-8,10H,2-6,20H2,1H3. The van der Waals surface area contributed by atoms with Crippen molar-refractivity contribution in [1.29, 1.82) is 5.26 Å². The third kappa shape index (κ3) is 3.48. The van der Waals surface area contributed by atoms with Gasteiger partial charge in [0.25, 0.3) is 11.4 Å². The van der Waals surface area contributed by atoms with Crippen molar-refractivity contribution in [2.24, 2.45) is 0 Å². The average molecular weight is 414 g/mol. The molecular formula is C18H18N6O6. The van der Waals surface area contributed by atoms with Gasteiger partial charge in [0.15, 0.2) is 5.69 Å². The Morgan fingerprint density at radius 3 is 2.27 bits per heavy atom. The monoisotopic (exact) mass is 414 g/mol. The quantitative estimate of drug-likeness (QED) is 0.438. The van der Waals surface area contributed by atoms with Crippen molar-refractivity contribution in [2.45, 2.75) is 19.3 Å². The first-order chi connectivity index (χ1) is 14.3. The van der Waals surface area contributed by atoms with Crippen molar-refractivity contribution >= 4 is 28.7 Å². The topological polar surface area (TPSA) is 171 Å². The lowest BCUT2D eigenvalue weighted by Crippen LogP contribution is -2.30. The lowest BCUT2D eigenvalue weighted by Gasteiger charge is -2.28. The van der Waals surface area contributed by atoms with E-state index >= 15 is 0 Å². The number of hydrogen-bond acceptors (Lipinski definition) is 9. The van der Waals surface area contributed by atoms with E-state index < -0.39 is 27.2 Å². The van der Waals surface area contributed by atoms with Gasteiger partial charge in [-0.25, -0.2) is 4.79 Å². The summed E-state index contributed by atoms with van der Waals surface area (Å²) in [4.78, 5) is 35.9. The largest absolute Gasteiger partial charge is 0.464 e. The summed E-state index contributed by atoms with van der Waals surface area (Å²) in [7, 11) is 1.11. The molecule has 30 heavy (non-hydrogen) atoms. The van der Waals surface area contributed by atoms with Gasteiger partial charge in [-0.2, -0.15) is 5.26 Å². The van der Waals surface area contributed by atoms with Gasteiger partial charge in [0.05, 0.1) is 34.3 Å². The van der Waals surface area contributed by atoms with Crippen LogP contribution in [0.5, 0.6) is 0 Å². The summed E-state index contributed by atoms with van der Waals surface area (Å²) in [5.74, 6) is -0.902. The van der Waals surface area contributed by atoms with E-state index in [2.05, 4.69) is 0 Å². The van der Waals surface area contributed by atoms with Crippen molar-refractivity contribution in [3.05, 3.63) is 49.8 Å². The molecular weight excluding hydrogens is 396 g/mol. The minimum atomic E-state index is -0.902. The Morgan fingerprint density at radius 2 is 1.73 bits per heavy atom. The fourth-order valence-corrected chi connectivity index (χ4v) is 3.53. The van der Waals surface area contributed by atoms with Crippen LogP contribution in [0, 0.1) is 31.6 Å². The Kier molecular flexibility index (Phi) is 5.54. The summed E-state index contributed by atoms with van der Waals surface area (Å²) in [6.45, 7) is 1.11. The average Bonchev–Trinajstić information content (AvgIpc) is 3.08. The number of benzene rings is 1. The second-order valence-corrected chi connectivity index (χ2v) is 6.67. The van der Waals surface area contributed by atoms with Crippen molar-refractivity contribution in [1.82, 2.24) is 4.57 Å². The SMILES string of the molecule is COC(=O)c1c(N)c(C#N)cn1-c1cc(N2CCCCC2)c([N+](=O)[O-])cc1[N+](=O)[O-]. The maximum atomic E-state index is 12.3. The number of rotatable bonds is 5. The van der Waals surface area contributed by atoms with Crippen LogP contribution < -0.4 is 10.6 Å². The van der Waals surface area contributed by atoms with Crippen LogP contribution in [0.2, 0.25) is 0 Å². The molecule has 2 aromatic rings. The number of carbonyl (C=O) groups excluding carboxylic acids is 1. The number of nitrogens with zero attached hydrogens (tertiary/aromatic N) is 5. The van der Waals surface area contributed by atoms with Crippen molar-refractivity contribution in [3.63, 3.8) is 0 Å². The number of nitro benzene ring substituents is 2. The third-order valence-electron chi connectivity index (χ3n) is 4.97. The van der Waals surface area contributed by atoms with Crippen LogP contribution in [0.15, 0.2) is 18.3 Å². The zero-order valence-corrected chi connectivity index (χ0v) is 16.0. The summed E-state index contributed by atoms with van der Waals surface area (Å²) in [6, 6.07) is 3.97. The molecule has 0 spiro atoms. The molecule has 1 aliphatic heterocycles. The fourth-order valence-electron chi connectivity index (χ4n) is 3.53. The predicted octanol–water partition coefficient (Wildman–Crippen LogP) is 2.52. The van der Waals surface area contributed by atoms with Gasteiger partial charge in [-0.05, 0) is 25.3 Å². The summed E-state index contributed by atoms with van der Waals surface area (Å²) in [5.41, 5.74) is 4.39. The highest BCUT2D eigenvalue weighted by atomic mass is 16.6. The van der Waals surface area contributed by atoms with Gasteiger partial charge in [0.2, 0.25) is 0 Å². The molecule has 0 aliphatic carbocycles. The van der Waals surface area contributed by atoms with E-state index in [1.807, 2.05) is 6.07 Å². The van der Waals surface area contributed by atoms with Crippen molar-refractivity contribution < 1.29 is 19.4 Å². The van der Waals surface area contributed by atoms with Crippen LogP contribution in [-0.2, 0) is 4.74 Å². The number of nitrogens with two attached hydrogens (primary N) is 1. The number of methoxy groups -OCH3 is 1. The first-order valence-electron chi connectivity index (χ1n) is 9.01. The Hall–Kier alpha value is -4.14. The Morgan fingerprint density at radius 1 is 1.13 bits per heavy atom. The van der Waals surface area contributed by atoms with E-state index in [9.17, 15) is 30.3 Å². The van der Waals surface area contributed by atoms with Gasteiger partial charge >= 0.3 is 5.97 Å². The number of carbonyl (C=O) groups is 1. The summed E-state index contributed by atoms with van der Waals surface area (Å²) in [5, 5.41) is 32.6. The minimum Gasteiger partial charge on any atom is -0.464 e. The highest BCUT2D eigenvalue weighted by Gasteiger charge is 2.32. The van der Waals surface area contributed by atoms with Crippen LogP contribution in [0.3, 0.4) is 0 Å². The van der Waals surface area contributed by atoms with Crippen LogP contribution in [0.25, 0.3) is 5.69 Å². The fraction of sp³-hybridized carbons (Fsp3) is 0.333. The van der Waals surface area contributed by atoms with Gasteiger partial charge < -0.3 is 19.9 Å². The van der Waals surface area contributed by atoms with E-state index in [1.54, 1.807) is 4.90 Å². The molecule has 1 saturated heterocycles. The number of anilines is 2. The molecule has 156 valence electrons. The highest BCUT2D eigenvalue weighted by Crippen LogP contribution is 2.39. The van der Waals surface area contributed by atoms with E-state index in [1.165, 1.54) is 12.3 Å². The highest BCUT2D eigenvalue weighted by molar-refractivity contribution is 5.96. The molecule has 3 rings (SSSR count). The molecule has 2 heterocycles. The van der Waals surface area contributed by atoms with Crippen molar-refractivity contribution in [3.8, 4) is 11.8 Å². The maximum absolute atomic E-state index is 12.3. The number of aromatic nitrogens is 1. The number of esters is 1. The number of nitriles is 1. The minimum absolute atomic E-state index is 0.0810. The van der Waals surface area contributed by atoms with Crippen LogP contribution in [0.1, 0.15) is 35.3 Å². The zero-order chi connectivity index (χ0) is 22.0. The number of ether oxygens (including phenoxy) is 1. The molecule has 0 radical (unpaired) electrons. The Bertz CT molecular complexity index is 1080. The van der Waals surface area contributed by atoms with Crippen molar-refractivity contribution in [2.75, 3.05) is 30.8 Å². The van der Waals surface area contributed by atoms with E-state index in [4.69, 9.17) is 10.5 Å². The Labute approximate surface area is 170 Å². The summed E-state index contributed by atoms with van der Waals surface area (Å²) >= 11 is 0. The van der Waals surface area contributed by atoms with Gasteiger partial charge in [-0.3, -0.25) is 20.2 Å². The van der Waals surface area contributed by atoms with E-state index in [0.29, 0.717) is 13.1 Å². The van der Waals surface area contributed by atoms with E-state index in [0.717, 1.165) is 37.0 Å². The Balaban J connectivity index is 2.34. The molecule has 1 aliphatic rings. The lowest BCUT2D eigenvalue weighted by atomic mass is 10.1. The number of piperidine rings is 1.